The second-order valence-corrected chi connectivity index (χ2v) is 5.79. The van der Waals surface area contributed by atoms with E-state index in [0.717, 1.165) is 24.3 Å². The monoisotopic (exact) mass is 331 g/mol. The Hall–Kier alpha value is -3.14. The molecule has 3 rings (SSSR count). The highest BCUT2D eigenvalue weighted by Crippen LogP contribution is 2.15. The number of anilines is 2. The van der Waals surface area contributed by atoms with Gasteiger partial charge in [0.2, 0.25) is 0 Å². The van der Waals surface area contributed by atoms with Gasteiger partial charge in [-0.05, 0) is 36.2 Å². The van der Waals surface area contributed by atoms with Crippen LogP contribution in [0.1, 0.15) is 16.1 Å². The van der Waals surface area contributed by atoms with E-state index in [2.05, 4.69) is 22.4 Å². The minimum atomic E-state index is -0.123. The van der Waals surface area contributed by atoms with Gasteiger partial charge in [-0.25, -0.2) is 4.98 Å². The smallest absolute Gasteiger partial charge is 0.276 e. The molecule has 0 atom stereocenters. The van der Waals surface area contributed by atoms with Gasteiger partial charge in [0.05, 0.1) is 11.9 Å². The van der Waals surface area contributed by atoms with Crippen LogP contribution < -0.4 is 10.2 Å². The SMILES string of the molecule is CN(C(=O)c1ccc(NCCc2ccccc2)cn1)c1ccccc1. The number of hydrogen-bond donors (Lipinski definition) is 1. The number of carbonyl (C=O) groups excluding carboxylic acids is 1. The van der Waals surface area contributed by atoms with Crippen molar-refractivity contribution in [2.24, 2.45) is 0 Å². The second kappa shape index (κ2) is 8.11. The Kier molecular flexibility index (Phi) is 5.42. The molecule has 0 spiro atoms. The van der Waals surface area contributed by atoms with Crippen LogP contribution in [0.5, 0.6) is 0 Å². The summed E-state index contributed by atoms with van der Waals surface area (Å²) in [6, 6.07) is 23.5. The van der Waals surface area contributed by atoms with Crippen molar-refractivity contribution in [3.8, 4) is 0 Å². The Morgan fingerprint density at radius 1 is 0.960 bits per heavy atom. The van der Waals surface area contributed by atoms with Crippen molar-refractivity contribution in [1.29, 1.82) is 0 Å². The van der Waals surface area contributed by atoms with E-state index in [4.69, 9.17) is 0 Å². The van der Waals surface area contributed by atoms with Crippen LogP contribution >= 0.6 is 0 Å². The molecule has 2 aromatic carbocycles. The molecule has 3 aromatic rings. The standard InChI is InChI=1S/C21H21N3O/c1-24(19-10-6-3-7-11-19)21(25)20-13-12-18(16-23-20)22-15-14-17-8-4-2-5-9-17/h2-13,16,22H,14-15H2,1H3. The first-order valence-electron chi connectivity index (χ1n) is 8.31. The summed E-state index contributed by atoms with van der Waals surface area (Å²) in [5.41, 5.74) is 3.48. The normalized spacial score (nSPS) is 10.3. The average molecular weight is 331 g/mol. The number of benzene rings is 2. The first-order chi connectivity index (χ1) is 12.2. The van der Waals surface area contributed by atoms with E-state index in [0.29, 0.717) is 5.69 Å². The minimum Gasteiger partial charge on any atom is -0.383 e. The minimum absolute atomic E-state index is 0.123. The lowest BCUT2D eigenvalue weighted by Gasteiger charge is -2.16. The molecule has 0 fully saturated rings. The summed E-state index contributed by atoms with van der Waals surface area (Å²) >= 11 is 0. The number of hydrogen-bond acceptors (Lipinski definition) is 3. The van der Waals surface area contributed by atoms with Crippen LogP contribution in [-0.2, 0) is 6.42 Å². The first-order valence-corrected chi connectivity index (χ1v) is 8.31. The van der Waals surface area contributed by atoms with Gasteiger partial charge in [-0.2, -0.15) is 0 Å². The molecule has 0 saturated carbocycles. The third-order valence-corrected chi connectivity index (χ3v) is 4.02. The number of rotatable bonds is 6. The fourth-order valence-corrected chi connectivity index (χ4v) is 2.56. The van der Waals surface area contributed by atoms with Gasteiger partial charge in [0.25, 0.3) is 5.91 Å². The van der Waals surface area contributed by atoms with Gasteiger partial charge in [0.1, 0.15) is 5.69 Å². The molecule has 126 valence electrons. The van der Waals surface area contributed by atoms with E-state index in [1.807, 2.05) is 54.6 Å². The largest absolute Gasteiger partial charge is 0.383 e. The van der Waals surface area contributed by atoms with Gasteiger partial charge >= 0.3 is 0 Å². The first kappa shape index (κ1) is 16.7. The van der Waals surface area contributed by atoms with Crippen LogP contribution in [0.4, 0.5) is 11.4 Å². The fourth-order valence-electron chi connectivity index (χ4n) is 2.56. The quantitative estimate of drug-likeness (QED) is 0.742. The van der Waals surface area contributed by atoms with Gasteiger partial charge < -0.3 is 10.2 Å². The van der Waals surface area contributed by atoms with Gasteiger partial charge in [-0.1, -0.05) is 48.5 Å². The highest BCUT2D eigenvalue weighted by molar-refractivity contribution is 6.04. The highest BCUT2D eigenvalue weighted by atomic mass is 16.2. The van der Waals surface area contributed by atoms with Crippen LogP contribution in [0.3, 0.4) is 0 Å². The number of pyridine rings is 1. The topological polar surface area (TPSA) is 45.2 Å². The number of aromatic nitrogens is 1. The molecule has 0 unspecified atom stereocenters. The van der Waals surface area contributed by atoms with Crippen LogP contribution in [0.15, 0.2) is 79.0 Å². The lowest BCUT2D eigenvalue weighted by molar-refractivity contribution is 0.0988. The molecule has 0 aliphatic heterocycles. The van der Waals surface area contributed by atoms with Crippen molar-refractivity contribution in [2.75, 3.05) is 23.8 Å². The molecule has 1 amide bonds. The molecule has 0 bridgehead atoms. The van der Waals surface area contributed by atoms with Crippen molar-refractivity contribution >= 4 is 17.3 Å². The van der Waals surface area contributed by atoms with E-state index in [-0.39, 0.29) is 5.91 Å². The van der Waals surface area contributed by atoms with E-state index in [1.165, 1.54) is 5.56 Å². The van der Waals surface area contributed by atoms with Crippen LogP contribution in [0.25, 0.3) is 0 Å². The lowest BCUT2D eigenvalue weighted by atomic mass is 10.1. The van der Waals surface area contributed by atoms with Crippen molar-refractivity contribution in [1.82, 2.24) is 4.98 Å². The molecule has 4 heteroatoms. The molecule has 1 heterocycles. The molecule has 0 aliphatic rings. The van der Waals surface area contributed by atoms with E-state index in [9.17, 15) is 4.79 Å². The maximum atomic E-state index is 12.5. The van der Waals surface area contributed by atoms with Crippen molar-refractivity contribution < 1.29 is 4.79 Å². The third-order valence-electron chi connectivity index (χ3n) is 4.02. The Labute approximate surface area is 148 Å². The molecule has 0 radical (unpaired) electrons. The van der Waals surface area contributed by atoms with E-state index in [1.54, 1.807) is 24.2 Å². The van der Waals surface area contributed by atoms with Crippen LogP contribution in [0, 0.1) is 0 Å². The zero-order valence-corrected chi connectivity index (χ0v) is 14.2. The zero-order chi connectivity index (χ0) is 17.5. The lowest BCUT2D eigenvalue weighted by Crippen LogP contribution is -2.26. The Bertz CT molecular complexity index is 802. The van der Waals surface area contributed by atoms with E-state index < -0.39 is 0 Å². The number of para-hydroxylation sites is 1. The molecule has 4 nitrogen and oxygen atoms in total. The molecule has 0 saturated heterocycles. The third kappa shape index (κ3) is 4.44. The maximum absolute atomic E-state index is 12.5. The average Bonchev–Trinajstić information content (AvgIpc) is 2.69. The van der Waals surface area contributed by atoms with Crippen LogP contribution in [-0.4, -0.2) is 24.5 Å². The summed E-state index contributed by atoms with van der Waals surface area (Å²) in [6.07, 6.45) is 2.65. The van der Waals surface area contributed by atoms with Crippen LogP contribution in [0.2, 0.25) is 0 Å². The van der Waals surface area contributed by atoms with Gasteiger partial charge in [0, 0.05) is 19.3 Å². The molecule has 1 N–H and O–H groups in total. The molecular formula is C21H21N3O. The number of amides is 1. The Morgan fingerprint density at radius 3 is 2.28 bits per heavy atom. The van der Waals surface area contributed by atoms with Gasteiger partial charge in [-0.15, -0.1) is 0 Å². The van der Waals surface area contributed by atoms with Crippen molar-refractivity contribution in [3.63, 3.8) is 0 Å². The van der Waals surface area contributed by atoms with Crippen molar-refractivity contribution in [3.05, 3.63) is 90.3 Å². The maximum Gasteiger partial charge on any atom is 0.276 e. The predicted molar refractivity (Wildman–Crippen MR) is 102 cm³/mol. The fraction of sp³-hybridized carbons (Fsp3) is 0.143. The summed E-state index contributed by atoms with van der Waals surface area (Å²) in [5.74, 6) is -0.123. The van der Waals surface area contributed by atoms with Gasteiger partial charge in [-0.3, -0.25) is 4.79 Å². The second-order valence-electron chi connectivity index (χ2n) is 5.79. The van der Waals surface area contributed by atoms with Crippen molar-refractivity contribution in [2.45, 2.75) is 6.42 Å². The Balaban J connectivity index is 1.57. The highest BCUT2D eigenvalue weighted by Gasteiger charge is 2.14. The summed E-state index contributed by atoms with van der Waals surface area (Å²) in [5, 5.41) is 3.33. The number of carbonyl (C=O) groups is 1. The predicted octanol–water partition coefficient (Wildman–Crippen LogP) is 4.01. The summed E-state index contributed by atoms with van der Waals surface area (Å²) in [7, 11) is 1.76. The summed E-state index contributed by atoms with van der Waals surface area (Å²) in [4.78, 5) is 18.4. The molecule has 0 aliphatic carbocycles. The summed E-state index contributed by atoms with van der Waals surface area (Å²) < 4.78 is 0. The molecule has 1 aromatic heterocycles. The Morgan fingerprint density at radius 2 is 1.64 bits per heavy atom. The number of nitrogens with zero attached hydrogens (tertiary/aromatic N) is 2. The zero-order valence-electron chi connectivity index (χ0n) is 14.2. The molecular weight excluding hydrogens is 310 g/mol. The molecule has 25 heavy (non-hydrogen) atoms. The van der Waals surface area contributed by atoms with E-state index >= 15 is 0 Å². The number of nitrogens with one attached hydrogen (secondary N) is 1. The summed E-state index contributed by atoms with van der Waals surface area (Å²) in [6.45, 7) is 0.822. The van der Waals surface area contributed by atoms with Gasteiger partial charge in [0.15, 0.2) is 0 Å².